The normalized spacial score (nSPS) is 10.5. The van der Waals surface area contributed by atoms with Crippen LogP contribution in [-0.4, -0.2) is 13.2 Å². The number of hydrogen-bond acceptors (Lipinski definition) is 4. The molecule has 0 atom stereocenters. The molecule has 0 bridgehead atoms. The van der Waals surface area contributed by atoms with E-state index >= 15 is 0 Å². The van der Waals surface area contributed by atoms with Crippen LogP contribution in [0.3, 0.4) is 0 Å². The number of allylic oxidation sites excluding steroid dienone is 2. The van der Waals surface area contributed by atoms with E-state index in [1.54, 1.807) is 12.2 Å². The average molecular weight is 322 g/mol. The van der Waals surface area contributed by atoms with Crippen molar-refractivity contribution in [2.24, 2.45) is 5.73 Å². The predicted octanol–water partition coefficient (Wildman–Crippen LogP) is 3.87. The molecule has 2 rings (SSSR count). The molecule has 0 aliphatic rings. The van der Waals surface area contributed by atoms with Crippen LogP contribution in [-0.2, 0) is 4.74 Å². The zero-order valence-electron chi connectivity index (χ0n) is 13.6. The maximum Gasteiger partial charge on any atom is 0.122 e. The van der Waals surface area contributed by atoms with Crippen molar-refractivity contribution < 1.29 is 9.47 Å². The summed E-state index contributed by atoms with van der Waals surface area (Å²) in [5.41, 5.74) is 14.6. The molecule has 2 aromatic carbocycles. The van der Waals surface area contributed by atoms with Gasteiger partial charge in [0.15, 0.2) is 0 Å². The highest BCUT2D eigenvalue weighted by Gasteiger charge is 1.99. The van der Waals surface area contributed by atoms with Gasteiger partial charge in [-0.05, 0) is 47.5 Å². The van der Waals surface area contributed by atoms with Crippen LogP contribution in [0, 0.1) is 0 Å². The lowest BCUT2D eigenvalue weighted by atomic mass is 10.1. The Morgan fingerprint density at radius 1 is 0.875 bits per heavy atom. The van der Waals surface area contributed by atoms with Gasteiger partial charge in [-0.3, -0.25) is 0 Å². The van der Waals surface area contributed by atoms with Gasteiger partial charge >= 0.3 is 0 Å². The van der Waals surface area contributed by atoms with Gasteiger partial charge in [-0.1, -0.05) is 37.4 Å². The molecule has 0 aliphatic carbocycles. The number of hydrogen-bond donors (Lipinski definition) is 2. The summed E-state index contributed by atoms with van der Waals surface area (Å²) in [6, 6.07) is 15.6. The molecular weight excluding hydrogens is 300 g/mol. The molecule has 0 fully saturated rings. The largest absolute Gasteiger partial charge is 0.491 e. The van der Waals surface area contributed by atoms with Crippen molar-refractivity contribution in [1.29, 1.82) is 0 Å². The van der Waals surface area contributed by atoms with Crippen molar-refractivity contribution in [2.45, 2.75) is 0 Å². The van der Waals surface area contributed by atoms with Crippen LogP contribution in [0.15, 0.2) is 85.3 Å². The summed E-state index contributed by atoms with van der Waals surface area (Å²) in [6.07, 6.45) is 3.31. The van der Waals surface area contributed by atoms with Gasteiger partial charge in [0.05, 0.1) is 0 Å². The van der Waals surface area contributed by atoms with Crippen molar-refractivity contribution in [3.63, 3.8) is 0 Å². The third kappa shape index (κ3) is 5.57. The van der Waals surface area contributed by atoms with Gasteiger partial charge in [0.1, 0.15) is 24.7 Å². The topological polar surface area (TPSA) is 70.5 Å². The summed E-state index contributed by atoms with van der Waals surface area (Å²) < 4.78 is 11.0. The van der Waals surface area contributed by atoms with Crippen LogP contribution in [0.25, 0.3) is 11.1 Å². The van der Waals surface area contributed by atoms with Crippen LogP contribution in [0.1, 0.15) is 0 Å². The van der Waals surface area contributed by atoms with Gasteiger partial charge < -0.3 is 20.9 Å². The molecule has 0 heterocycles. The molecule has 0 radical (unpaired) electrons. The first kappa shape index (κ1) is 17.2. The molecule has 4 heteroatoms. The number of ether oxygens (including phenoxy) is 2. The second-order valence-electron chi connectivity index (χ2n) is 5.22. The summed E-state index contributed by atoms with van der Waals surface area (Å²) >= 11 is 0. The van der Waals surface area contributed by atoms with Gasteiger partial charge in [0.25, 0.3) is 0 Å². The Morgan fingerprint density at radius 3 is 2.04 bits per heavy atom. The highest BCUT2D eigenvalue weighted by atomic mass is 16.5. The standard InChI is InChI=1S/C20H22N2O2/c1-15(21)3-4-16(2)23-13-14-24-20-11-7-18(8-12-20)17-5-9-19(22)10-6-17/h3-12H,1-2,13-14,21-22H2/b4-3-. The van der Waals surface area contributed by atoms with Crippen LogP contribution < -0.4 is 16.2 Å². The lowest BCUT2D eigenvalue weighted by molar-refractivity contribution is 0.165. The Balaban J connectivity index is 1.79. The number of nitrogens with two attached hydrogens (primary N) is 2. The number of benzene rings is 2. The second-order valence-corrected chi connectivity index (χ2v) is 5.22. The predicted molar refractivity (Wildman–Crippen MR) is 99.3 cm³/mol. The molecule has 0 spiro atoms. The van der Waals surface area contributed by atoms with E-state index in [4.69, 9.17) is 20.9 Å². The smallest absolute Gasteiger partial charge is 0.122 e. The highest BCUT2D eigenvalue weighted by molar-refractivity contribution is 5.66. The summed E-state index contributed by atoms with van der Waals surface area (Å²) in [5.74, 6) is 1.30. The van der Waals surface area contributed by atoms with E-state index in [9.17, 15) is 0 Å². The number of nitrogen functional groups attached to an aromatic ring is 1. The Labute approximate surface area is 142 Å². The molecule has 0 saturated carbocycles. The van der Waals surface area contributed by atoms with Crippen molar-refractivity contribution >= 4 is 5.69 Å². The maximum absolute atomic E-state index is 5.70. The first-order valence-corrected chi connectivity index (χ1v) is 7.57. The molecule has 2 aromatic rings. The molecule has 0 aromatic heterocycles. The molecule has 0 unspecified atom stereocenters. The van der Waals surface area contributed by atoms with E-state index in [1.807, 2.05) is 48.5 Å². The summed E-state index contributed by atoms with van der Waals surface area (Å²) in [7, 11) is 0. The summed E-state index contributed by atoms with van der Waals surface area (Å²) in [6.45, 7) is 8.14. The average Bonchev–Trinajstić information content (AvgIpc) is 2.58. The van der Waals surface area contributed by atoms with Gasteiger partial charge in [0, 0.05) is 11.4 Å². The molecule has 24 heavy (non-hydrogen) atoms. The van der Waals surface area contributed by atoms with E-state index in [-0.39, 0.29) is 0 Å². The molecule has 0 aliphatic heterocycles. The maximum atomic E-state index is 5.70. The van der Waals surface area contributed by atoms with E-state index < -0.39 is 0 Å². The first-order valence-electron chi connectivity index (χ1n) is 7.57. The number of rotatable bonds is 8. The third-order valence-electron chi connectivity index (χ3n) is 3.22. The summed E-state index contributed by atoms with van der Waals surface area (Å²) in [4.78, 5) is 0. The summed E-state index contributed by atoms with van der Waals surface area (Å²) in [5, 5.41) is 0. The minimum atomic E-state index is 0.403. The van der Waals surface area contributed by atoms with Gasteiger partial charge in [-0.15, -0.1) is 0 Å². The fourth-order valence-corrected chi connectivity index (χ4v) is 2.00. The fraction of sp³-hybridized carbons (Fsp3) is 0.100. The Kier molecular flexibility index (Phi) is 6.08. The van der Waals surface area contributed by atoms with Crippen molar-refractivity contribution in [3.8, 4) is 16.9 Å². The minimum Gasteiger partial charge on any atom is -0.491 e. The first-order chi connectivity index (χ1) is 11.5. The van der Waals surface area contributed by atoms with Crippen molar-refractivity contribution in [3.05, 3.63) is 85.3 Å². The SMILES string of the molecule is C=C(N)/C=C\C(=C)OCCOc1ccc(-c2ccc(N)cc2)cc1. The second kappa shape index (κ2) is 8.48. The Bertz CT molecular complexity index is 716. The molecule has 124 valence electrons. The highest BCUT2D eigenvalue weighted by Crippen LogP contribution is 2.23. The molecular formula is C20H22N2O2. The van der Waals surface area contributed by atoms with Crippen LogP contribution in [0.4, 0.5) is 5.69 Å². The van der Waals surface area contributed by atoms with Crippen LogP contribution >= 0.6 is 0 Å². The zero-order chi connectivity index (χ0) is 17.4. The lowest BCUT2D eigenvalue weighted by Gasteiger charge is -2.09. The molecule has 4 N–H and O–H groups in total. The fourth-order valence-electron chi connectivity index (χ4n) is 2.00. The Hall–Kier alpha value is -3.14. The zero-order valence-corrected chi connectivity index (χ0v) is 13.6. The third-order valence-corrected chi connectivity index (χ3v) is 3.22. The van der Waals surface area contributed by atoms with Gasteiger partial charge in [0.2, 0.25) is 0 Å². The monoisotopic (exact) mass is 322 g/mol. The lowest BCUT2D eigenvalue weighted by Crippen LogP contribution is -2.05. The van der Waals surface area contributed by atoms with Crippen LogP contribution in [0.5, 0.6) is 5.75 Å². The molecule has 0 amide bonds. The van der Waals surface area contributed by atoms with Gasteiger partial charge in [-0.2, -0.15) is 0 Å². The Morgan fingerprint density at radius 2 is 1.46 bits per heavy atom. The minimum absolute atomic E-state index is 0.403. The number of anilines is 1. The quantitative estimate of drug-likeness (QED) is 0.335. The molecule has 0 saturated heterocycles. The van der Waals surface area contributed by atoms with E-state index in [0.29, 0.717) is 24.7 Å². The molecule has 4 nitrogen and oxygen atoms in total. The van der Waals surface area contributed by atoms with E-state index in [1.165, 1.54) is 0 Å². The van der Waals surface area contributed by atoms with Crippen LogP contribution in [0.2, 0.25) is 0 Å². The van der Waals surface area contributed by atoms with E-state index in [2.05, 4.69) is 13.2 Å². The van der Waals surface area contributed by atoms with E-state index in [0.717, 1.165) is 22.6 Å². The van der Waals surface area contributed by atoms with Crippen molar-refractivity contribution in [1.82, 2.24) is 0 Å². The van der Waals surface area contributed by atoms with Gasteiger partial charge in [-0.25, -0.2) is 0 Å². The van der Waals surface area contributed by atoms with Crippen molar-refractivity contribution in [2.75, 3.05) is 18.9 Å².